The number of carbonyl (C=O) groups is 2. The summed E-state index contributed by atoms with van der Waals surface area (Å²) < 4.78 is 69.7. The molecule has 2 aromatic heterocycles. The molecule has 2 amide bonds. The number of carbonyl (C=O) groups excluding carboxylic acids is 2. The van der Waals surface area contributed by atoms with Crippen LogP contribution in [0.15, 0.2) is 96.4 Å². The monoisotopic (exact) mass is 916 g/mol. The lowest BCUT2D eigenvalue weighted by Gasteiger charge is -2.32. The third-order valence-electron chi connectivity index (χ3n) is 12.1. The second-order valence-corrected chi connectivity index (χ2v) is 20.5. The van der Waals surface area contributed by atoms with Crippen LogP contribution in [0.25, 0.3) is 22.3 Å². The number of rotatable bonds is 11. The highest BCUT2D eigenvalue weighted by Gasteiger charge is 2.66. The van der Waals surface area contributed by atoms with Crippen LogP contribution in [0.1, 0.15) is 69.9 Å². The van der Waals surface area contributed by atoms with Crippen molar-refractivity contribution in [2.45, 2.75) is 101 Å². The molecule has 3 aliphatic rings. The lowest BCUT2D eigenvalue weighted by Crippen LogP contribution is -2.53. The minimum atomic E-state index is -4.69. The van der Waals surface area contributed by atoms with Crippen molar-refractivity contribution < 1.29 is 41.7 Å². The maximum absolute atomic E-state index is 15.0. The molecular weight excluding hydrogens is 865 g/mol. The fourth-order valence-corrected chi connectivity index (χ4v) is 12.0. The Morgan fingerprint density at radius 2 is 1.80 bits per heavy atom. The van der Waals surface area contributed by atoms with Gasteiger partial charge in [0, 0.05) is 47.0 Å². The van der Waals surface area contributed by atoms with Gasteiger partial charge in [-0.15, -0.1) is 11.3 Å². The van der Waals surface area contributed by atoms with E-state index in [1.807, 2.05) is 43.5 Å². The van der Waals surface area contributed by atoms with Crippen molar-refractivity contribution in [3.8, 4) is 22.9 Å². The Bertz CT molecular complexity index is 2570. The van der Waals surface area contributed by atoms with Crippen molar-refractivity contribution in [2.24, 2.45) is 5.92 Å². The summed E-state index contributed by atoms with van der Waals surface area (Å²) in [5, 5.41) is 11.0. The highest BCUT2D eigenvalue weighted by Crippen LogP contribution is 2.71. The number of benzene rings is 3. The highest BCUT2D eigenvalue weighted by atomic mass is 32.1. The first kappa shape index (κ1) is 45.1. The molecule has 17 heteroatoms. The molecule has 64 heavy (non-hydrogen) atoms. The molecule has 4 N–H and O–H groups in total. The summed E-state index contributed by atoms with van der Waals surface area (Å²) in [6.45, 7) is 3.93. The number of hydrogen-bond donors (Lipinski definition) is 4. The van der Waals surface area contributed by atoms with E-state index in [0.717, 1.165) is 12.5 Å². The molecule has 1 aliphatic carbocycles. The number of anilines is 2. The van der Waals surface area contributed by atoms with E-state index in [9.17, 15) is 32.2 Å². The van der Waals surface area contributed by atoms with Crippen LogP contribution >= 0.6 is 18.7 Å². The number of nitrogens with one attached hydrogen (secondary N) is 3. The largest absolute Gasteiger partial charge is 0.497 e. The number of para-hydroxylation sites is 1. The van der Waals surface area contributed by atoms with Crippen LogP contribution < -0.4 is 25.4 Å². The van der Waals surface area contributed by atoms with Gasteiger partial charge in [-0.25, -0.2) is 9.97 Å². The number of hydrogen-bond acceptors (Lipinski definition) is 10. The Balaban J connectivity index is 1.17. The molecule has 3 aromatic carbocycles. The topological polar surface area (TPSA) is 155 Å². The summed E-state index contributed by atoms with van der Waals surface area (Å²) >= 11 is 1.43. The summed E-state index contributed by atoms with van der Waals surface area (Å²) in [5.74, 6) is -0.659. The van der Waals surface area contributed by atoms with Gasteiger partial charge < -0.3 is 35.2 Å². The molecule has 2 fully saturated rings. The molecule has 1 saturated carbocycles. The number of alkyl halides is 3. The fourth-order valence-electron chi connectivity index (χ4n) is 8.75. The smallest absolute Gasteiger partial charge is 0.418 e. The van der Waals surface area contributed by atoms with E-state index in [2.05, 4.69) is 16.0 Å². The predicted octanol–water partition coefficient (Wildman–Crippen LogP) is 9.86. The van der Waals surface area contributed by atoms with Crippen LogP contribution in [-0.2, 0) is 26.5 Å². The number of ether oxygens (including phenoxy) is 2. The zero-order valence-corrected chi connectivity index (χ0v) is 37.5. The summed E-state index contributed by atoms with van der Waals surface area (Å²) in [6.07, 6.45) is 1.23. The van der Waals surface area contributed by atoms with E-state index in [0.29, 0.717) is 63.7 Å². The molecule has 1 saturated heterocycles. The summed E-state index contributed by atoms with van der Waals surface area (Å²) in [6, 6.07) is 18.9. The van der Waals surface area contributed by atoms with Gasteiger partial charge >= 0.3 is 6.18 Å². The van der Waals surface area contributed by atoms with E-state index >= 15 is 0 Å². The quantitative estimate of drug-likeness (QED) is 0.0744. The Morgan fingerprint density at radius 3 is 2.56 bits per heavy atom. The zero-order chi connectivity index (χ0) is 45.2. The SMILES string of the molecule is COc1ccc2c(O[C@@H]3C[C@H]4C(=O)N[C@]5(P(=O)(O)Cc6ccccc6)C[C@@H]5/C=C\CCCCC[C@H](Nc5ccccc5C(F)(F)F)C(=O)N4C3)cc(-c3csc(NC(C)C)n3)nc2c1. The minimum absolute atomic E-state index is 0.0110. The number of pyridine rings is 1. The molecule has 338 valence electrons. The lowest BCUT2D eigenvalue weighted by molar-refractivity contribution is -0.139. The third kappa shape index (κ3) is 9.79. The van der Waals surface area contributed by atoms with Gasteiger partial charge in [-0.2, -0.15) is 13.2 Å². The van der Waals surface area contributed by atoms with Gasteiger partial charge in [0.05, 0.1) is 36.6 Å². The summed E-state index contributed by atoms with van der Waals surface area (Å²) in [5.41, 5.74) is 1.16. The molecule has 0 bridgehead atoms. The van der Waals surface area contributed by atoms with Crippen molar-refractivity contribution >= 4 is 52.2 Å². The lowest BCUT2D eigenvalue weighted by atomic mass is 10.0. The molecular formula is C47H52F3N6O6PS. The Hall–Kier alpha value is -5.44. The van der Waals surface area contributed by atoms with Gasteiger partial charge in [-0.1, -0.05) is 67.5 Å². The minimum Gasteiger partial charge on any atom is -0.497 e. The molecule has 4 heterocycles. The average Bonchev–Trinajstić information content (AvgIpc) is 3.53. The van der Waals surface area contributed by atoms with E-state index < -0.39 is 60.3 Å². The molecule has 12 nitrogen and oxygen atoms in total. The van der Waals surface area contributed by atoms with Gasteiger partial charge in [0.1, 0.15) is 40.7 Å². The number of amides is 2. The van der Waals surface area contributed by atoms with Crippen LogP contribution in [0.5, 0.6) is 11.5 Å². The molecule has 0 spiro atoms. The van der Waals surface area contributed by atoms with E-state index in [1.165, 1.54) is 34.4 Å². The fraction of sp³-hybridized carbons (Fsp3) is 0.404. The first-order valence-electron chi connectivity index (χ1n) is 21.6. The van der Waals surface area contributed by atoms with Crippen molar-refractivity contribution in [3.63, 3.8) is 0 Å². The van der Waals surface area contributed by atoms with Crippen LogP contribution in [0.2, 0.25) is 0 Å². The van der Waals surface area contributed by atoms with Gasteiger partial charge in [-0.3, -0.25) is 14.2 Å². The van der Waals surface area contributed by atoms with E-state index in [4.69, 9.17) is 19.4 Å². The number of thiazole rings is 1. The predicted molar refractivity (Wildman–Crippen MR) is 243 cm³/mol. The Labute approximate surface area is 374 Å². The maximum Gasteiger partial charge on any atom is 0.418 e. The molecule has 1 unspecified atom stereocenters. The van der Waals surface area contributed by atoms with Gasteiger partial charge in [0.15, 0.2) is 5.13 Å². The second kappa shape index (κ2) is 18.6. The molecule has 8 rings (SSSR count). The number of fused-ring (bicyclic) bond motifs is 3. The zero-order valence-electron chi connectivity index (χ0n) is 35.8. The van der Waals surface area contributed by atoms with Crippen LogP contribution in [0, 0.1) is 5.92 Å². The number of nitrogens with zero attached hydrogens (tertiary/aromatic N) is 3. The van der Waals surface area contributed by atoms with Crippen molar-refractivity contribution in [2.75, 3.05) is 24.3 Å². The van der Waals surface area contributed by atoms with E-state index in [-0.39, 0.29) is 43.7 Å². The Kier molecular flexibility index (Phi) is 13.1. The second-order valence-electron chi connectivity index (χ2n) is 17.1. The average molecular weight is 917 g/mol. The molecule has 2 aliphatic heterocycles. The molecule has 0 radical (unpaired) electrons. The first-order chi connectivity index (χ1) is 30.6. The van der Waals surface area contributed by atoms with Crippen molar-refractivity contribution in [3.05, 3.63) is 108 Å². The number of halogens is 3. The van der Waals surface area contributed by atoms with Gasteiger partial charge in [-0.05, 0) is 69.4 Å². The van der Waals surface area contributed by atoms with Gasteiger partial charge in [0.25, 0.3) is 0 Å². The van der Waals surface area contributed by atoms with Crippen LogP contribution in [-0.4, -0.2) is 74.7 Å². The number of aromatic nitrogens is 2. The summed E-state index contributed by atoms with van der Waals surface area (Å²) in [4.78, 5) is 52.7. The standard InChI is InChI=1S/C47H52F3N6O6PS/c1-29(2)51-45-54-40(28-64-45)39-24-42(34-21-20-32(61-3)22-38(34)53-39)62-33-23-41-43(57)55-46(63(59,60)27-30-14-8-7-9-15-30)25-31(46)16-10-5-4-6-11-19-37(44(58)56(41)26-33)52-36-18-13-12-17-35(36)47(48,49)50/h7-10,12-18,20-22,24,28-29,31,33,37,41,52H,4-6,11,19,23,25-27H2,1-3H3,(H,51,54)(H,55,57)(H,59,60)/b16-10-/t31-,33+,37-,41-,46-/m0/s1. The molecule has 6 atom stereocenters. The third-order valence-corrected chi connectivity index (χ3v) is 15.5. The van der Waals surface area contributed by atoms with Gasteiger partial charge in [0.2, 0.25) is 19.2 Å². The highest BCUT2D eigenvalue weighted by molar-refractivity contribution is 7.59. The first-order valence-corrected chi connectivity index (χ1v) is 24.3. The number of allylic oxidation sites excluding steroid dienone is 1. The molecule has 5 aromatic rings. The maximum atomic E-state index is 15.0. The summed E-state index contributed by atoms with van der Waals surface area (Å²) in [7, 11) is -2.58. The van der Waals surface area contributed by atoms with Crippen molar-refractivity contribution in [1.82, 2.24) is 20.2 Å². The Morgan fingerprint density at radius 1 is 1.02 bits per heavy atom. The van der Waals surface area contributed by atoms with Crippen molar-refractivity contribution in [1.29, 1.82) is 0 Å². The van der Waals surface area contributed by atoms with E-state index in [1.54, 1.807) is 49.6 Å². The van der Waals surface area contributed by atoms with Crippen LogP contribution in [0.4, 0.5) is 24.0 Å². The normalized spacial score (nSPS) is 24.4. The van der Waals surface area contributed by atoms with Crippen LogP contribution in [0.3, 0.4) is 0 Å². The number of methoxy groups -OCH3 is 1.